The molecule has 10 heteroatoms. The highest BCUT2D eigenvalue weighted by Crippen LogP contribution is 2.42. The fraction of sp³-hybridized carbons (Fsp3) is 0.562. The molecule has 2 heterocycles. The van der Waals surface area contributed by atoms with Crippen molar-refractivity contribution in [2.24, 2.45) is 5.92 Å². The van der Waals surface area contributed by atoms with Crippen LogP contribution in [-0.2, 0) is 9.59 Å². The van der Waals surface area contributed by atoms with E-state index in [0.29, 0.717) is 42.6 Å². The van der Waals surface area contributed by atoms with Gasteiger partial charge >= 0.3 is 5.97 Å². The van der Waals surface area contributed by atoms with Crippen LogP contribution in [-0.4, -0.2) is 105 Å². The molecule has 2 aromatic carbocycles. The molecule has 3 atom stereocenters. The van der Waals surface area contributed by atoms with Crippen LogP contribution in [0.4, 0.5) is 0 Å². The Morgan fingerprint density at radius 3 is 2.43 bits per heavy atom. The zero-order valence-electron chi connectivity index (χ0n) is 25.3. The van der Waals surface area contributed by atoms with Gasteiger partial charge in [-0.15, -0.1) is 0 Å². The first-order valence-corrected chi connectivity index (χ1v) is 14.9. The monoisotopic (exact) mass is 583 g/mol. The molecule has 0 radical (unpaired) electrons. The number of carboxylic acids is 1. The van der Waals surface area contributed by atoms with Crippen LogP contribution in [0.25, 0.3) is 0 Å². The lowest BCUT2D eigenvalue weighted by atomic mass is 9.85. The van der Waals surface area contributed by atoms with Crippen LogP contribution in [0.15, 0.2) is 42.5 Å². The summed E-state index contributed by atoms with van der Waals surface area (Å²) in [6.07, 6.45) is 3.85. The van der Waals surface area contributed by atoms with Gasteiger partial charge in [-0.1, -0.05) is 31.5 Å². The number of nitrogens with zero attached hydrogens (tertiary/aromatic N) is 3. The Hall–Kier alpha value is -3.50. The molecular weight excluding hydrogens is 538 g/mol. The molecule has 0 aliphatic carbocycles. The van der Waals surface area contributed by atoms with Crippen LogP contribution in [0.2, 0.25) is 0 Å². The van der Waals surface area contributed by atoms with Gasteiger partial charge in [-0.25, -0.2) is 0 Å². The van der Waals surface area contributed by atoms with Gasteiger partial charge in [-0.3, -0.25) is 14.5 Å². The number of hydrogen-bond acceptors (Lipinski definition) is 8. The van der Waals surface area contributed by atoms with E-state index in [-0.39, 0.29) is 31.8 Å². The molecule has 1 saturated heterocycles. The third-order valence-corrected chi connectivity index (χ3v) is 8.09. The number of rotatable bonds is 16. The molecule has 1 fully saturated rings. The summed E-state index contributed by atoms with van der Waals surface area (Å²) in [6.45, 7) is 5.26. The minimum absolute atomic E-state index is 0.0195. The Bertz CT molecular complexity index is 1190. The first-order valence-electron chi connectivity index (χ1n) is 14.9. The lowest BCUT2D eigenvalue weighted by molar-refractivity contribution is -0.144. The number of carbonyl (C=O) groups excluding carboxylic acids is 1. The van der Waals surface area contributed by atoms with E-state index in [1.54, 1.807) is 19.2 Å². The molecule has 2 aliphatic rings. The number of fused-ring (bicyclic) bond motifs is 1. The van der Waals surface area contributed by atoms with Crippen LogP contribution < -0.4 is 18.9 Å². The van der Waals surface area contributed by atoms with Crippen LogP contribution in [0, 0.1) is 5.92 Å². The lowest BCUT2D eigenvalue weighted by Gasteiger charge is -2.30. The largest absolute Gasteiger partial charge is 0.493 e. The molecule has 0 saturated carbocycles. The van der Waals surface area contributed by atoms with Crippen LogP contribution in [0.3, 0.4) is 0 Å². The normalized spacial score (nSPS) is 19.7. The van der Waals surface area contributed by atoms with Crippen molar-refractivity contribution in [3.63, 3.8) is 0 Å². The van der Waals surface area contributed by atoms with Gasteiger partial charge in [0.2, 0.25) is 12.7 Å². The molecule has 1 N–H and O–H groups in total. The molecule has 2 aliphatic heterocycles. The highest BCUT2D eigenvalue weighted by atomic mass is 16.7. The fourth-order valence-electron chi connectivity index (χ4n) is 5.81. The van der Waals surface area contributed by atoms with Crippen LogP contribution >= 0.6 is 0 Å². The average molecular weight is 584 g/mol. The summed E-state index contributed by atoms with van der Waals surface area (Å²) in [4.78, 5) is 32.7. The third-order valence-electron chi connectivity index (χ3n) is 8.09. The number of para-hydroxylation sites is 2. The average Bonchev–Trinajstić information content (AvgIpc) is 3.59. The van der Waals surface area contributed by atoms with Gasteiger partial charge in [0.25, 0.3) is 0 Å². The summed E-state index contributed by atoms with van der Waals surface area (Å²) < 4.78 is 22.7. The minimum atomic E-state index is -0.923. The second-order valence-electron chi connectivity index (χ2n) is 11.3. The van der Waals surface area contributed by atoms with Crippen molar-refractivity contribution in [1.82, 2.24) is 14.7 Å². The number of carbonyl (C=O) groups is 2. The van der Waals surface area contributed by atoms with Gasteiger partial charge in [0.05, 0.1) is 25.6 Å². The number of benzene rings is 2. The second-order valence-corrected chi connectivity index (χ2v) is 11.3. The van der Waals surface area contributed by atoms with Gasteiger partial charge in [-0.05, 0) is 69.7 Å². The second kappa shape index (κ2) is 15.1. The van der Waals surface area contributed by atoms with E-state index in [4.69, 9.17) is 18.9 Å². The summed E-state index contributed by atoms with van der Waals surface area (Å²) in [5.41, 5.74) is 0.843. The molecule has 1 amide bonds. The number of hydrogen-bond donors (Lipinski definition) is 1. The van der Waals surface area contributed by atoms with Crippen LogP contribution in [0.1, 0.15) is 44.1 Å². The Balaban J connectivity index is 1.57. The van der Waals surface area contributed by atoms with Gasteiger partial charge in [0, 0.05) is 25.6 Å². The fourth-order valence-corrected chi connectivity index (χ4v) is 5.81. The Labute approximate surface area is 249 Å². The van der Waals surface area contributed by atoms with E-state index >= 15 is 0 Å². The third kappa shape index (κ3) is 7.86. The van der Waals surface area contributed by atoms with Crippen molar-refractivity contribution in [3.05, 3.63) is 48.0 Å². The van der Waals surface area contributed by atoms with Crippen molar-refractivity contribution >= 4 is 11.9 Å². The zero-order chi connectivity index (χ0) is 30.1. The van der Waals surface area contributed by atoms with Crippen LogP contribution in [0.5, 0.6) is 23.0 Å². The molecular formula is C32H45N3O7. The molecule has 42 heavy (non-hydrogen) atoms. The maximum absolute atomic E-state index is 13.8. The molecule has 0 bridgehead atoms. The first kappa shape index (κ1) is 31.4. The maximum Gasteiger partial charge on any atom is 0.308 e. The Morgan fingerprint density at radius 2 is 1.71 bits per heavy atom. The SMILES string of the molecule is CCCCN(CCCCN(C)C)C(=O)CN1CC(c2ccc3c(c2)OCO3)C(C(=O)O)C1COc1ccccc1OC. The lowest BCUT2D eigenvalue weighted by Crippen LogP contribution is -2.46. The van der Waals surface area contributed by atoms with Crippen molar-refractivity contribution in [1.29, 1.82) is 0 Å². The first-order chi connectivity index (χ1) is 20.3. The van der Waals surface area contributed by atoms with E-state index in [2.05, 4.69) is 25.9 Å². The smallest absolute Gasteiger partial charge is 0.308 e. The number of amides is 1. The molecule has 0 spiro atoms. The highest BCUT2D eigenvalue weighted by molar-refractivity contribution is 5.79. The van der Waals surface area contributed by atoms with E-state index < -0.39 is 17.9 Å². The molecule has 3 unspecified atom stereocenters. The quantitative estimate of drug-likeness (QED) is 0.295. The number of likely N-dealkylation sites (tertiary alicyclic amines) is 1. The zero-order valence-corrected chi connectivity index (χ0v) is 25.3. The number of methoxy groups -OCH3 is 1. The summed E-state index contributed by atoms with van der Waals surface area (Å²) in [7, 11) is 5.67. The van der Waals surface area contributed by atoms with Crippen molar-refractivity contribution < 1.29 is 33.6 Å². The summed E-state index contributed by atoms with van der Waals surface area (Å²) in [5.74, 6) is 0.299. The number of aliphatic carboxylic acids is 1. The number of carboxylic acid groups (broad SMARTS) is 1. The van der Waals surface area contributed by atoms with E-state index in [0.717, 1.165) is 37.8 Å². The van der Waals surface area contributed by atoms with Crippen molar-refractivity contribution in [2.45, 2.75) is 44.6 Å². The van der Waals surface area contributed by atoms with E-state index in [9.17, 15) is 14.7 Å². The van der Waals surface area contributed by atoms with Gasteiger partial charge in [-0.2, -0.15) is 0 Å². The maximum atomic E-state index is 13.8. The number of ether oxygens (including phenoxy) is 4. The summed E-state index contributed by atoms with van der Waals surface area (Å²) >= 11 is 0. The van der Waals surface area contributed by atoms with Crippen molar-refractivity contribution in [2.75, 3.05) is 67.3 Å². The molecule has 2 aromatic rings. The molecule has 0 aromatic heterocycles. The standard InChI is InChI=1S/C32H45N3O7/c1-5-6-16-34(17-10-9-15-33(2)3)30(36)20-35-19-24(23-13-14-28-29(18-23)42-22-41-28)31(32(37)38)25(35)21-40-27-12-8-7-11-26(27)39-4/h7-8,11-14,18,24-25,31H,5-6,9-10,15-17,19-22H2,1-4H3,(H,37,38). The van der Waals surface area contributed by atoms with Gasteiger partial charge < -0.3 is 33.9 Å². The van der Waals surface area contributed by atoms with Crippen molar-refractivity contribution in [3.8, 4) is 23.0 Å². The topological polar surface area (TPSA) is 101 Å². The molecule has 10 nitrogen and oxygen atoms in total. The predicted molar refractivity (Wildman–Crippen MR) is 160 cm³/mol. The predicted octanol–water partition coefficient (Wildman–Crippen LogP) is 3.94. The molecule has 230 valence electrons. The number of unbranched alkanes of at least 4 members (excludes halogenated alkanes) is 2. The van der Waals surface area contributed by atoms with Gasteiger partial charge in [0.1, 0.15) is 6.61 Å². The van der Waals surface area contributed by atoms with Gasteiger partial charge in [0.15, 0.2) is 23.0 Å². The summed E-state index contributed by atoms with van der Waals surface area (Å²) in [6, 6.07) is 12.4. The Morgan fingerprint density at radius 1 is 1.00 bits per heavy atom. The summed E-state index contributed by atoms with van der Waals surface area (Å²) in [5, 5.41) is 10.5. The Kier molecular flexibility index (Phi) is 11.3. The highest BCUT2D eigenvalue weighted by Gasteiger charge is 2.48. The minimum Gasteiger partial charge on any atom is -0.493 e. The molecule has 4 rings (SSSR count). The van der Waals surface area contributed by atoms with E-state index in [1.807, 2.05) is 40.1 Å². The van der Waals surface area contributed by atoms with E-state index in [1.165, 1.54) is 0 Å².